The first-order chi connectivity index (χ1) is 12.2. The predicted octanol–water partition coefficient (Wildman–Crippen LogP) is 2.12. The highest BCUT2D eigenvalue weighted by Gasteiger charge is 2.23. The summed E-state index contributed by atoms with van der Waals surface area (Å²) in [4.78, 5) is 18.6. The lowest BCUT2D eigenvalue weighted by atomic mass is 9.99. The molecule has 2 aromatic carbocycles. The van der Waals surface area contributed by atoms with E-state index in [0.29, 0.717) is 25.6 Å². The summed E-state index contributed by atoms with van der Waals surface area (Å²) in [6, 6.07) is 15.2. The van der Waals surface area contributed by atoms with Crippen LogP contribution in [0.4, 0.5) is 5.69 Å². The first kappa shape index (κ1) is 16.8. The largest absolute Gasteiger partial charge is 0.497 e. The van der Waals surface area contributed by atoms with Gasteiger partial charge >= 0.3 is 0 Å². The maximum Gasteiger partial charge on any atom is 0.254 e. The standard InChI is InChI=1S/C19H22N4O2/c1-25-16-7-4-6-15(13-16)22-19(20)21-10-12-23-11-9-14-5-2-3-8-17(14)18(23)24/h2-8,13H,9-12H2,1H3,(H3,20,21,22). The van der Waals surface area contributed by atoms with Crippen LogP contribution < -0.4 is 15.8 Å². The van der Waals surface area contributed by atoms with Gasteiger partial charge in [-0.3, -0.25) is 9.79 Å². The number of carbonyl (C=O) groups excluding carboxylic acids is 1. The van der Waals surface area contributed by atoms with Gasteiger partial charge in [0.05, 0.1) is 13.7 Å². The van der Waals surface area contributed by atoms with Gasteiger partial charge in [-0.15, -0.1) is 0 Å². The van der Waals surface area contributed by atoms with Gasteiger partial charge in [0, 0.05) is 30.4 Å². The van der Waals surface area contributed by atoms with E-state index in [1.807, 2.05) is 53.4 Å². The number of fused-ring (bicyclic) bond motifs is 1. The van der Waals surface area contributed by atoms with Crippen LogP contribution in [0.1, 0.15) is 15.9 Å². The second-order valence-electron chi connectivity index (χ2n) is 5.82. The molecule has 1 amide bonds. The fourth-order valence-electron chi connectivity index (χ4n) is 2.87. The molecule has 0 atom stereocenters. The molecule has 0 radical (unpaired) electrons. The highest BCUT2D eigenvalue weighted by atomic mass is 16.5. The maximum atomic E-state index is 12.5. The quantitative estimate of drug-likeness (QED) is 0.646. The van der Waals surface area contributed by atoms with Crippen LogP contribution in [-0.2, 0) is 6.42 Å². The third kappa shape index (κ3) is 4.09. The topological polar surface area (TPSA) is 80.0 Å². The first-order valence-corrected chi connectivity index (χ1v) is 8.25. The zero-order valence-electron chi connectivity index (χ0n) is 14.2. The first-order valence-electron chi connectivity index (χ1n) is 8.25. The summed E-state index contributed by atoms with van der Waals surface area (Å²) in [5.41, 5.74) is 8.64. The Balaban J connectivity index is 1.55. The summed E-state index contributed by atoms with van der Waals surface area (Å²) in [5, 5.41) is 3.03. The predicted molar refractivity (Wildman–Crippen MR) is 99.2 cm³/mol. The minimum Gasteiger partial charge on any atom is -0.497 e. The molecule has 130 valence electrons. The molecule has 1 heterocycles. The van der Waals surface area contributed by atoms with Crippen molar-refractivity contribution in [1.82, 2.24) is 4.90 Å². The third-order valence-electron chi connectivity index (χ3n) is 4.18. The van der Waals surface area contributed by atoms with Crippen molar-refractivity contribution in [2.24, 2.45) is 10.7 Å². The molecular weight excluding hydrogens is 316 g/mol. The number of nitrogens with one attached hydrogen (secondary N) is 1. The number of rotatable bonds is 5. The van der Waals surface area contributed by atoms with Crippen LogP contribution in [0.2, 0.25) is 0 Å². The van der Waals surface area contributed by atoms with Gasteiger partial charge in [0.1, 0.15) is 5.75 Å². The van der Waals surface area contributed by atoms with Gasteiger partial charge in [-0.2, -0.15) is 0 Å². The van der Waals surface area contributed by atoms with Crippen LogP contribution in [0.15, 0.2) is 53.5 Å². The van der Waals surface area contributed by atoms with Crippen molar-refractivity contribution in [3.8, 4) is 5.75 Å². The lowest BCUT2D eigenvalue weighted by Gasteiger charge is -2.28. The molecule has 3 N–H and O–H groups in total. The molecule has 0 aromatic heterocycles. The monoisotopic (exact) mass is 338 g/mol. The van der Waals surface area contributed by atoms with Crippen molar-refractivity contribution >= 4 is 17.6 Å². The van der Waals surface area contributed by atoms with Crippen LogP contribution in [0, 0.1) is 0 Å². The van der Waals surface area contributed by atoms with Crippen molar-refractivity contribution in [3.63, 3.8) is 0 Å². The summed E-state index contributed by atoms with van der Waals surface area (Å²) < 4.78 is 5.17. The number of amides is 1. The summed E-state index contributed by atoms with van der Waals surface area (Å²) in [5.74, 6) is 1.13. The highest BCUT2D eigenvalue weighted by Crippen LogP contribution is 2.18. The van der Waals surface area contributed by atoms with Gasteiger partial charge in [0.2, 0.25) is 0 Å². The van der Waals surface area contributed by atoms with E-state index in [9.17, 15) is 4.79 Å². The van der Waals surface area contributed by atoms with Crippen molar-refractivity contribution in [3.05, 3.63) is 59.7 Å². The fourth-order valence-corrected chi connectivity index (χ4v) is 2.87. The molecule has 0 saturated heterocycles. The highest BCUT2D eigenvalue weighted by molar-refractivity contribution is 5.96. The molecule has 0 unspecified atom stereocenters. The molecule has 0 bridgehead atoms. The third-order valence-corrected chi connectivity index (χ3v) is 4.18. The van der Waals surface area contributed by atoms with Crippen molar-refractivity contribution in [2.45, 2.75) is 6.42 Å². The molecule has 1 aliphatic rings. The van der Waals surface area contributed by atoms with Gasteiger partial charge in [0.15, 0.2) is 5.96 Å². The summed E-state index contributed by atoms with van der Waals surface area (Å²) in [6.45, 7) is 1.72. The van der Waals surface area contributed by atoms with E-state index >= 15 is 0 Å². The van der Waals surface area contributed by atoms with Crippen LogP contribution in [0.3, 0.4) is 0 Å². The Morgan fingerprint density at radius 3 is 2.96 bits per heavy atom. The smallest absolute Gasteiger partial charge is 0.254 e. The molecule has 6 nitrogen and oxygen atoms in total. The van der Waals surface area contributed by atoms with E-state index in [1.165, 1.54) is 0 Å². The summed E-state index contributed by atoms with van der Waals surface area (Å²) >= 11 is 0. The Morgan fingerprint density at radius 2 is 2.12 bits per heavy atom. The van der Waals surface area contributed by atoms with Crippen LogP contribution in [0.5, 0.6) is 5.75 Å². The maximum absolute atomic E-state index is 12.5. The molecule has 3 rings (SSSR count). The number of nitrogens with two attached hydrogens (primary N) is 1. The van der Waals surface area contributed by atoms with Gasteiger partial charge in [-0.25, -0.2) is 0 Å². The van der Waals surface area contributed by atoms with Gasteiger partial charge < -0.3 is 20.7 Å². The Morgan fingerprint density at radius 1 is 1.28 bits per heavy atom. The van der Waals surface area contributed by atoms with Gasteiger partial charge in [-0.1, -0.05) is 24.3 Å². The van der Waals surface area contributed by atoms with Crippen LogP contribution in [0.25, 0.3) is 0 Å². The number of ether oxygens (including phenoxy) is 1. The van der Waals surface area contributed by atoms with E-state index in [1.54, 1.807) is 7.11 Å². The Labute approximate surface area is 147 Å². The Kier molecular flexibility index (Phi) is 5.18. The molecule has 6 heteroatoms. The molecule has 1 aliphatic heterocycles. The van der Waals surface area contributed by atoms with Crippen LogP contribution in [-0.4, -0.2) is 43.5 Å². The number of methoxy groups -OCH3 is 1. The minimum atomic E-state index is 0.0661. The van der Waals surface area contributed by atoms with Crippen molar-refractivity contribution < 1.29 is 9.53 Å². The zero-order chi connectivity index (χ0) is 17.6. The number of carbonyl (C=O) groups is 1. The number of nitrogens with zero attached hydrogens (tertiary/aromatic N) is 2. The Bertz CT molecular complexity index is 788. The van der Waals surface area contributed by atoms with Crippen molar-refractivity contribution in [2.75, 3.05) is 32.1 Å². The summed E-state index contributed by atoms with van der Waals surface area (Å²) in [6.07, 6.45) is 0.878. The lowest BCUT2D eigenvalue weighted by molar-refractivity contribution is 0.0745. The second-order valence-corrected chi connectivity index (χ2v) is 5.82. The molecule has 0 spiro atoms. The molecule has 0 fully saturated rings. The number of guanidine groups is 1. The molecule has 0 aliphatic carbocycles. The van der Waals surface area contributed by atoms with E-state index in [-0.39, 0.29) is 5.91 Å². The molecular formula is C19H22N4O2. The number of aliphatic imine (C=N–C) groups is 1. The molecule has 2 aromatic rings. The molecule has 25 heavy (non-hydrogen) atoms. The zero-order valence-corrected chi connectivity index (χ0v) is 14.2. The van der Waals surface area contributed by atoms with Crippen LogP contribution >= 0.6 is 0 Å². The van der Waals surface area contributed by atoms with Gasteiger partial charge in [0.25, 0.3) is 5.91 Å². The lowest BCUT2D eigenvalue weighted by Crippen LogP contribution is -2.39. The van der Waals surface area contributed by atoms with E-state index < -0.39 is 0 Å². The SMILES string of the molecule is COc1cccc(NC(N)=NCCN2CCc3ccccc3C2=O)c1. The minimum absolute atomic E-state index is 0.0661. The van der Waals surface area contributed by atoms with Crippen molar-refractivity contribution in [1.29, 1.82) is 0 Å². The normalized spacial score (nSPS) is 14.2. The van der Waals surface area contributed by atoms with E-state index in [0.717, 1.165) is 29.0 Å². The number of hydrogen-bond donors (Lipinski definition) is 2. The molecule has 0 saturated carbocycles. The average Bonchev–Trinajstić information content (AvgIpc) is 2.64. The number of hydrogen-bond acceptors (Lipinski definition) is 3. The number of anilines is 1. The fraction of sp³-hybridized carbons (Fsp3) is 0.263. The van der Waals surface area contributed by atoms with E-state index in [2.05, 4.69) is 10.3 Å². The average molecular weight is 338 g/mol. The van der Waals surface area contributed by atoms with E-state index in [4.69, 9.17) is 10.5 Å². The van der Waals surface area contributed by atoms with Gasteiger partial charge in [-0.05, 0) is 30.2 Å². The second kappa shape index (κ2) is 7.70. The summed E-state index contributed by atoms with van der Waals surface area (Å²) in [7, 11) is 1.62. The Hall–Kier alpha value is -3.02. The number of benzene rings is 2.